The van der Waals surface area contributed by atoms with Gasteiger partial charge in [-0.05, 0) is 49.1 Å². The normalized spacial score (nSPS) is 11.2. The van der Waals surface area contributed by atoms with Gasteiger partial charge in [0, 0.05) is 41.8 Å². The molecule has 0 atom stereocenters. The van der Waals surface area contributed by atoms with Crippen molar-refractivity contribution in [2.75, 3.05) is 5.75 Å². The Morgan fingerprint density at radius 3 is 2.65 bits per heavy atom. The van der Waals surface area contributed by atoms with E-state index in [1.807, 2.05) is 43.0 Å². The molecule has 0 aliphatic carbocycles. The number of ketones is 1. The molecule has 160 valence electrons. The lowest BCUT2D eigenvalue weighted by molar-refractivity contribution is 0.102. The Morgan fingerprint density at radius 2 is 1.94 bits per heavy atom. The molecule has 0 fully saturated rings. The third kappa shape index (κ3) is 4.80. The van der Waals surface area contributed by atoms with Gasteiger partial charge in [-0.1, -0.05) is 30.0 Å². The zero-order valence-electron chi connectivity index (χ0n) is 17.6. The first kappa shape index (κ1) is 21.5. The summed E-state index contributed by atoms with van der Waals surface area (Å²) < 4.78 is 17.2. The molecule has 5 nitrogen and oxygen atoms in total. The van der Waals surface area contributed by atoms with Crippen LogP contribution in [0.2, 0.25) is 0 Å². The summed E-state index contributed by atoms with van der Waals surface area (Å²) in [5.41, 5.74) is 3.64. The fourth-order valence-electron chi connectivity index (χ4n) is 3.50. The molecule has 0 unspecified atom stereocenters. The smallest absolute Gasteiger partial charge is 0.191 e. The third-order valence-corrected chi connectivity index (χ3v) is 7.19. The number of halogens is 1. The van der Waals surface area contributed by atoms with Crippen molar-refractivity contribution in [3.8, 4) is 0 Å². The van der Waals surface area contributed by atoms with Gasteiger partial charge in [0.2, 0.25) is 0 Å². The van der Waals surface area contributed by atoms with Crippen molar-refractivity contribution >= 4 is 28.9 Å². The van der Waals surface area contributed by atoms with Gasteiger partial charge >= 0.3 is 0 Å². The molecule has 0 bridgehead atoms. The lowest BCUT2D eigenvalue weighted by atomic mass is 10.2. The van der Waals surface area contributed by atoms with Crippen molar-refractivity contribution in [1.29, 1.82) is 0 Å². The Labute approximate surface area is 188 Å². The fraction of sp³-hybridized carbons (Fsp3) is 0.261. The zero-order valence-corrected chi connectivity index (χ0v) is 19.3. The second kappa shape index (κ2) is 9.20. The number of carbonyl (C=O) groups is 1. The van der Waals surface area contributed by atoms with E-state index >= 15 is 0 Å². The number of aryl methyl sites for hydroxylation is 1. The summed E-state index contributed by atoms with van der Waals surface area (Å²) in [6.07, 6.45) is 0.736. The minimum atomic E-state index is -0.250. The van der Waals surface area contributed by atoms with Gasteiger partial charge in [0.1, 0.15) is 11.6 Å². The number of hydrogen-bond donors (Lipinski definition) is 0. The molecular formula is C23H23FN4OS2. The van der Waals surface area contributed by atoms with E-state index in [9.17, 15) is 9.18 Å². The predicted octanol–water partition coefficient (Wildman–Crippen LogP) is 5.05. The van der Waals surface area contributed by atoms with E-state index in [1.165, 1.54) is 28.8 Å². The highest BCUT2D eigenvalue weighted by atomic mass is 32.2. The molecule has 0 N–H and O–H groups in total. The first-order chi connectivity index (χ1) is 14.9. The average molecular weight is 455 g/mol. The third-order valence-electron chi connectivity index (χ3n) is 5.30. The van der Waals surface area contributed by atoms with Gasteiger partial charge < -0.3 is 9.13 Å². The van der Waals surface area contributed by atoms with Gasteiger partial charge in [0.15, 0.2) is 10.9 Å². The molecule has 4 rings (SSSR count). The van der Waals surface area contributed by atoms with E-state index in [0.29, 0.717) is 17.9 Å². The molecule has 0 aliphatic heterocycles. The first-order valence-corrected chi connectivity index (χ1v) is 11.8. The minimum Gasteiger partial charge on any atom is -0.344 e. The summed E-state index contributed by atoms with van der Waals surface area (Å²) in [5.74, 6) is 0.993. The molecule has 0 saturated heterocycles. The Kier molecular flexibility index (Phi) is 6.38. The lowest BCUT2D eigenvalue weighted by Gasteiger charge is -2.10. The molecule has 0 saturated carbocycles. The van der Waals surface area contributed by atoms with Crippen LogP contribution < -0.4 is 0 Å². The predicted molar refractivity (Wildman–Crippen MR) is 123 cm³/mol. The van der Waals surface area contributed by atoms with Gasteiger partial charge in [-0.2, -0.15) is 0 Å². The van der Waals surface area contributed by atoms with Crippen LogP contribution in [0.15, 0.2) is 53.0 Å². The number of benzene rings is 1. The van der Waals surface area contributed by atoms with Crippen LogP contribution in [0.25, 0.3) is 0 Å². The minimum absolute atomic E-state index is 0.0614. The molecule has 0 amide bonds. The summed E-state index contributed by atoms with van der Waals surface area (Å²) >= 11 is 3.10. The molecule has 1 aromatic carbocycles. The van der Waals surface area contributed by atoms with E-state index in [0.717, 1.165) is 34.4 Å². The topological polar surface area (TPSA) is 52.7 Å². The van der Waals surface area contributed by atoms with Gasteiger partial charge in [0.25, 0.3) is 0 Å². The lowest BCUT2D eigenvalue weighted by Crippen LogP contribution is -2.08. The summed E-state index contributed by atoms with van der Waals surface area (Å²) in [6, 6.07) is 12.5. The number of aromatic nitrogens is 4. The van der Waals surface area contributed by atoms with Crippen molar-refractivity contribution in [2.45, 2.75) is 32.0 Å². The summed E-state index contributed by atoms with van der Waals surface area (Å²) in [4.78, 5) is 14.2. The molecule has 0 spiro atoms. The molecule has 0 aliphatic rings. The maximum Gasteiger partial charge on any atom is 0.191 e. The van der Waals surface area contributed by atoms with Gasteiger partial charge in [-0.25, -0.2) is 4.39 Å². The van der Waals surface area contributed by atoms with Crippen molar-refractivity contribution in [3.05, 3.63) is 86.9 Å². The number of nitrogens with zero attached hydrogens (tertiary/aromatic N) is 4. The summed E-state index contributed by atoms with van der Waals surface area (Å²) in [7, 11) is 1.93. The number of hydrogen-bond acceptors (Lipinski definition) is 5. The standard InChI is InChI=1S/C23H23FN4OS2/c1-15-11-20(16(2)28(15)13-17-6-8-18(24)9-7-17)21(29)14-31-23-26-25-22(27(23)3)12-19-5-4-10-30-19/h4-11H,12-14H2,1-3H3. The Balaban J connectivity index is 1.43. The Hall–Kier alpha value is -2.71. The van der Waals surface area contributed by atoms with E-state index in [1.54, 1.807) is 23.5 Å². The largest absolute Gasteiger partial charge is 0.344 e. The number of Topliss-reactive ketones (excluding diaryl/α,β-unsaturated/α-hetero) is 1. The quantitative estimate of drug-likeness (QED) is 0.276. The Bertz CT molecular complexity index is 1190. The highest BCUT2D eigenvalue weighted by Crippen LogP contribution is 2.23. The first-order valence-electron chi connectivity index (χ1n) is 9.90. The Morgan fingerprint density at radius 1 is 1.16 bits per heavy atom. The fourth-order valence-corrected chi connectivity index (χ4v) is 5.02. The van der Waals surface area contributed by atoms with Crippen LogP contribution in [-0.4, -0.2) is 30.9 Å². The molecule has 3 heterocycles. The second-order valence-electron chi connectivity index (χ2n) is 7.42. The van der Waals surface area contributed by atoms with E-state index in [2.05, 4.69) is 20.8 Å². The van der Waals surface area contributed by atoms with Crippen LogP contribution in [0.1, 0.15) is 38.0 Å². The van der Waals surface area contributed by atoms with Crippen molar-refractivity contribution < 1.29 is 9.18 Å². The molecule has 0 radical (unpaired) electrons. The van der Waals surface area contributed by atoms with Crippen LogP contribution in [0.4, 0.5) is 4.39 Å². The van der Waals surface area contributed by atoms with E-state index in [-0.39, 0.29) is 11.6 Å². The monoisotopic (exact) mass is 454 g/mol. The number of rotatable bonds is 8. The van der Waals surface area contributed by atoms with Crippen LogP contribution in [-0.2, 0) is 20.0 Å². The number of carbonyl (C=O) groups excluding carboxylic acids is 1. The average Bonchev–Trinajstić information content (AvgIpc) is 3.46. The van der Waals surface area contributed by atoms with E-state index in [4.69, 9.17) is 0 Å². The molecule has 31 heavy (non-hydrogen) atoms. The van der Waals surface area contributed by atoms with E-state index < -0.39 is 0 Å². The van der Waals surface area contributed by atoms with Crippen molar-refractivity contribution in [1.82, 2.24) is 19.3 Å². The van der Waals surface area contributed by atoms with Crippen LogP contribution in [0.3, 0.4) is 0 Å². The van der Waals surface area contributed by atoms with Crippen LogP contribution in [0.5, 0.6) is 0 Å². The highest BCUT2D eigenvalue weighted by molar-refractivity contribution is 7.99. The molecule has 3 aromatic heterocycles. The summed E-state index contributed by atoms with van der Waals surface area (Å²) in [6.45, 7) is 4.55. The van der Waals surface area contributed by atoms with Crippen LogP contribution in [0, 0.1) is 19.7 Å². The number of thiophene rings is 1. The maximum absolute atomic E-state index is 13.2. The van der Waals surface area contributed by atoms with Gasteiger partial charge in [-0.3, -0.25) is 4.79 Å². The molecular weight excluding hydrogens is 431 g/mol. The SMILES string of the molecule is Cc1cc(C(=O)CSc2nnc(Cc3cccs3)n2C)c(C)n1Cc1ccc(F)cc1. The highest BCUT2D eigenvalue weighted by Gasteiger charge is 2.18. The second-order valence-corrected chi connectivity index (χ2v) is 9.40. The van der Waals surface area contributed by atoms with Gasteiger partial charge in [0.05, 0.1) is 5.75 Å². The summed E-state index contributed by atoms with van der Waals surface area (Å²) in [5, 5.41) is 11.3. The molecule has 4 aromatic rings. The van der Waals surface area contributed by atoms with Crippen molar-refractivity contribution in [3.63, 3.8) is 0 Å². The van der Waals surface area contributed by atoms with Crippen molar-refractivity contribution in [2.24, 2.45) is 7.05 Å². The van der Waals surface area contributed by atoms with Gasteiger partial charge in [-0.15, -0.1) is 21.5 Å². The molecule has 8 heteroatoms. The zero-order chi connectivity index (χ0) is 22.0. The maximum atomic E-state index is 13.2. The number of thioether (sulfide) groups is 1. The van der Waals surface area contributed by atoms with Crippen LogP contribution >= 0.6 is 23.1 Å².